The highest BCUT2D eigenvalue weighted by atomic mass is 19.4. The van der Waals surface area contributed by atoms with E-state index < -0.39 is 48.2 Å². The predicted octanol–water partition coefficient (Wildman–Crippen LogP) is 1.36. The van der Waals surface area contributed by atoms with Gasteiger partial charge in [0.2, 0.25) is 0 Å². The van der Waals surface area contributed by atoms with Crippen LogP contribution >= 0.6 is 0 Å². The Bertz CT molecular complexity index is 488. The van der Waals surface area contributed by atoms with Gasteiger partial charge in [0.15, 0.2) is 5.41 Å². The third kappa shape index (κ3) is 1.12. The maximum Gasteiger partial charge on any atom is 0.407 e. The summed E-state index contributed by atoms with van der Waals surface area (Å²) in [4.78, 5) is 11.3. The van der Waals surface area contributed by atoms with Crippen LogP contribution in [0.1, 0.15) is 6.42 Å². The van der Waals surface area contributed by atoms with Gasteiger partial charge in [0.1, 0.15) is 0 Å². The Morgan fingerprint density at radius 3 is 2.42 bits per heavy atom. The fourth-order valence-corrected chi connectivity index (χ4v) is 4.24. The first-order valence-electron chi connectivity index (χ1n) is 6.15. The third-order valence-corrected chi connectivity index (χ3v) is 5.00. The molecule has 4 nitrogen and oxygen atoms in total. The average molecular weight is 276 g/mol. The summed E-state index contributed by atoms with van der Waals surface area (Å²) in [5, 5.41) is 9.15. The first-order chi connectivity index (χ1) is 8.86. The molecule has 4 bridgehead atoms. The largest absolute Gasteiger partial charge is 0.481 e. The fourth-order valence-electron chi connectivity index (χ4n) is 4.24. The minimum absolute atomic E-state index is 0.130. The lowest BCUT2D eigenvalue weighted by Crippen LogP contribution is -2.57. The van der Waals surface area contributed by atoms with Gasteiger partial charge in [0, 0.05) is 18.3 Å². The summed E-state index contributed by atoms with van der Waals surface area (Å²) >= 11 is 0. The van der Waals surface area contributed by atoms with Crippen molar-refractivity contribution in [2.75, 3.05) is 0 Å². The molecule has 4 aliphatic rings. The molecular weight excluding hydrogens is 265 g/mol. The second-order valence-corrected chi connectivity index (χ2v) is 5.68. The minimum Gasteiger partial charge on any atom is -0.481 e. The molecule has 0 amide bonds. The van der Waals surface area contributed by atoms with E-state index in [1.165, 1.54) is 0 Å². The molecule has 7 heteroatoms. The normalized spacial score (nSPS) is 53.8. The number of alkyl halides is 3. The molecule has 7 atom stereocenters. The highest BCUT2D eigenvalue weighted by molar-refractivity contribution is 5.77. The van der Waals surface area contributed by atoms with Gasteiger partial charge in [-0.2, -0.15) is 13.2 Å². The van der Waals surface area contributed by atoms with Crippen LogP contribution in [0, 0.1) is 17.3 Å². The molecule has 3 saturated heterocycles. The number of aliphatic carboxylic acids is 1. The van der Waals surface area contributed by atoms with E-state index in [1.807, 2.05) is 6.08 Å². The predicted molar refractivity (Wildman–Crippen MR) is 54.2 cm³/mol. The number of hydrogen-bond donors (Lipinski definition) is 1. The lowest BCUT2D eigenvalue weighted by molar-refractivity contribution is -0.248. The molecule has 4 aliphatic heterocycles. The number of carbonyl (C=O) groups is 1. The van der Waals surface area contributed by atoms with Crippen molar-refractivity contribution in [2.24, 2.45) is 17.3 Å². The van der Waals surface area contributed by atoms with Crippen molar-refractivity contribution in [3.8, 4) is 0 Å². The summed E-state index contributed by atoms with van der Waals surface area (Å²) in [6.45, 7) is 0. The second-order valence-electron chi connectivity index (χ2n) is 5.68. The number of ether oxygens (including phenoxy) is 2. The van der Waals surface area contributed by atoms with Gasteiger partial charge in [-0.3, -0.25) is 4.79 Å². The van der Waals surface area contributed by atoms with Crippen molar-refractivity contribution in [1.82, 2.24) is 0 Å². The number of carboxylic acids is 1. The second kappa shape index (κ2) is 3.15. The molecule has 19 heavy (non-hydrogen) atoms. The van der Waals surface area contributed by atoms with Gasteiger partial charge in [0.05, 0.1) is 24.4 Å². The third-order valence-electron chi connectivity index (χ3n) is 5.00. The van der Waals surface area contributed by atoms with Crippen molar-refractivity contribution in [3.05, 3.63) is 12.2 Å². The smallest absolute Gasteiger partial charge is 0.407 e. The highest BCUT2D eigenvalue weighted by Crippen LogP contribution is 2.64. The van der Waals surface area contributed by atoms with E-state index in [0.717, 1.165) is 0 Å². The number of halogens is 3. The SMILES string of the molecule is O=C(O)C1(C(F)(F)F)CC2OC1C1C3C=CC(O3)C21. The lowest BCUT2D eigenvalue weighted by Gasteiger charge is -2.39. The summed E-state index contributed by atoms with van der Waals surface area (Å²) in [6.07, 6.45) is -4.42. The molecule has 1 N–H and O–H groups in total. The van der Waals surface area contributed by atoms with E-state index in [-0.39, 0.29) is 12.0 Å². The molecule has 3 fully saturated rings. The summed E-state index contributed by atoms with van der Waals surface area (Å²) in [6, 6.07) is 0. The number of fused-ring (bicyclic) bond motifs is 9. The Morgan fingerprint density at radius 1 is 1.21 bits per heavy atom. The lowest BCUT2D eigenvalue weighted by atomic mass is 9.62. The van der Waals surface area contributed by atoms with Crippen molar-refractivity contribution < 1.29 is 32.5 Å². The fraction of sp³-hybridized carbons (Fsp3) is 0.750. The first kappa shape index (κ1) is 11.7. The van der Waals surface area contributed by atoms with E-state index in [1.54, 1.807) is 6.08 Å². The van der Waals surface area contributed by atoms with E-state index in [0.29, 0.717) is 0 Å². The molecule has 0 aliphatic carbocycles. The topological polar surface area (TPSA) is 55.8 Å². The molecule has 0 radical (unpaired) electrons. The van der Waals surface area contributed by atoms with Crippen LogP contribution in [0.15, 0.2) is 12.2 Å². The Hall–Kier alpha value is -1.08. The van der Waals surface area contributed by atoms with Gasteiger partial charge in [0.25, 0.3) is 0 Å². The Kier molecular flexibility index (Phi) is 1.94. The summed E-state index contributed by atoms with van der Waals surface area (Å²) < 4.78 is 50.9. The molecular formula is C12H11F3O4. The van der Waals surface area contributed by atoms with Crippen LogP contribution in [0.5, 0.6) is 0 Å². The molecule has 0 aromatic rings. The number of rotatable bonds is 1. The van der Waals surface area contributed by atoms with Gasteiger partial charge in [-0.1, -0.05) is 12.2 Å². The molecule has 0 spiro atoms. The van der Waals surface area contributed by atoms with Gasteiger partial charge in [-0.25, -0.2) is 0 Å². The van der Waals surface area contributed by atoms with Crippen LogP contribution in [0.25, 0.3) is 0 Å². The monoisotopic (exact) mass is 276 g/mol. The van der Waals surface area contributed by atoms with Crippen LogP contribution in [-0.4, -0.2) is 41.7 Å². The number of hydrogen-bond acceptors (Lipinski definition) is 3. The van der Waals surface area contributed by atoms with Gasteiger partial charge >= 0.3 is 12.1 Å². The summed E-state index contributed by atoms with van der Waals surface area (Å²) in [5.41, 5.74) is -2.78. The van der Waals surface area contributed by atoms with Gasteiger partial charge in [-0.05, 0) is 0 Å². The van der Waals surface area contributed by atoms with Crippen molar-refractivity contribution in [2.45, 2.75) is 37.0 Å². The van der Waals surface area contributed by atoms with E-state index in [9.17, 15) is 18.0 Å². The van der Waals surface area contributed by atoms with Crippen LogP contribution < -0.4 is 0 Å². The van der Waals surface area contributed by atoms with Crippen LogP contribution in [-0.2, 0) is 14.3 Å². The van der Waals surface area contributed by atoms with Gasteiger partial charge in [-0.15, -0.1) is 0 Å². The van der Waals surface area contributed by atoms with E-state index >= 15 is 0 Å². The molecule has 7 unspecified atom stereocenters. The van der Waals surface area contributed by atoms with Crippen LogP contribution in [0.3, 0.4) is 0 Å². The number of carboxylic acid groups (broad SMARTS) is 1. The van der Waals surface area contributed by atoms with E-state index in [2.05, 4.69) is 0 Å². The standard InChI is InChI=1S/C12H11F3O4/c13-12(14,15)11(10(16)17)3-6-7-4-1-2-5(18-4)8(7)9(11)19-6/h1-2,4-9H,3H2,(H,16,17). The molecule has 0 saturated carbocycles. The Labute approximate surface area is 106 Å². The zero-order valence-electron chi connectivity index (χ0n) is 9.63. The molecule has 4 heterocycles. The molecule has 0 aromatic heterocycles. The van der Waals surface area contributed by atoms with E-state index in [4.69, 9.17) is 14.6 Å². The first-order valence-corrected chi connectivity index (χ1v) is 6.15. The Balaban J connectivity index is 1.79. The quantitative estimate of drug-likeness (QED) is 0.735. The minimum atomic E-state index is -4.81. The van der Waals surface area contributed by atoms with Crippen molar-refractivity contribution in [1.29, 1.82) is 0 Å². The molecule has 4 rings (SSSR count). The zero-order valence-corrected chi connectivity index (χ0v) is 9.63. The van der Waals surface area contributed by atoms with Crippen molar-refractivity contribution >= 4 is 5.97 Å². The maximum atomic E-state index is 13.3. The average Bonchev–Trinajstić information content (AvgIpc) is 3.04. The molecule has 0 aromatic carbocycles. The Morgan fingerprint density at radius 2 is 1.84 bits per heavy atom. The van der Waals surface area contributed by atoms with Crippen LogP contribution in [0.4, 0.5) is 13.2 Å². The van der Waals surface area contributed by atoms with Crippen molar-refractivity contribution in [3.63, 3.8) is 0 Å². The summed E-state index contributed by atoms with van der Waals surface area (Å²) in [7, 11) is 0. The maximum absolute atomic E-state index is 13.3. The van der Waals surface area contributed by atoms with Crippen LogP contribution in [0.2, 0.25) is 0 Å². The zero-order chi connectivity index (χ0) is 13.6. The van der Waals surface area contributed by atoms with Gasteiger partial charge < -0.3 is 14.6 Å². The summed E-state index contributed by atoms with van der Waals surface area (Å²) in [5.74, 6) is -2.46. The molecule has 104 valence electrons. The highest BCUT2D eigenvalue weighted by Gasteiger charge is 2.79.